The van der Waals surface area contributed by atoms with Gasteiger partial charge in [-0.2, -0.15) is 0 Å². The van der Waals surface area contributed by atoms with Gasteiger partial charge in [0.1, 0.15) is 6.29 Å². The van der Waals surface area contributed by atoms with Gasteiger partial charge in [0.05, 0.1) is 0 Å². The molecular weight excluding hydrogens is 224 g/mol. The first kappa shape index (κ1) is 11.7. The van der Waals surface area contributed by atoms with E-state index in [4.69, 9.17) is 0 Å². The van der Waals surface area contributed by atoms with Gasteiger partial charge >= 0.3 is 0 Å². The molecule has 3 nitrogen and oxygen atoms in total. The molecule has 0 amide bonds. The maximum absolute atomic E-state index is 10.7. The molecule has 0 radical (unpaired) electrons. The topological polar surface area (TPSA) is 23.6 Å². The molecule has 3 rings (SSSR count). The molecule has 0 saturated carbocycles. The van der Waals surface area contributed by atoms with Gasteiger partial charge in [0.15, 0.2) is 0 Å². The summed E-state index contributed by atoms with van der Waals surface area (Å²) in [5.74, 6) is 0. The summed E-state index contributed by atoms with van der Waals surface area (Å²) in [5.41, 5.74) is 2.02. The zero-order valence-corrected chi connectivity index (χ0v) is 10.7. The van der Waals surface area contributed by atoms with Crippen molar-refractivity contribution in [3.8, 4) is 0 Å². The molecule has 0 bridgehead atoms. The number of carbonyl (C=O) groups is 1. The Morgan fingerprint density at radius 1 is 1.06 bits per heavy atom. The van der Waals surface area contributed by atoms with Gasteiger partial charge < -0.3 is 4.90 Å². The Hall–Kier alpha value is -1.35. The van der Waals surface area contributed by atoms with Gasteiger partial charge in [-0.05, 0) is 50.1 Å². The second-order valence-electron chi connectivity index (χ2n) is 5.34. The quantitative estimate of drug-likeness (QED) is 0.745. The van der Waals surface area contributed by atoms with E-state index in [0.29, 0.717) is 0 Å². The molecule has 1 aromatic carbocycles. The monoisotopic (exact) mass is 244 g/mol. The fourth-order valence-electron chi connectivity index (χ4n) is 3.20. The second-order valence-corrected chi connectivity index (χ2v) is 5.34. The molecule has 2 saturated heterocycles. The summed E-state index contributed by atoms with van der Waals surface area (Å²) < 4.78 is 0. The standard InChI is InChI=1S/C15H20N2O/c18-12-13-4-6-14(7-5-13)17-10-2-9-16-8-1-3-15(16)11-17/h4-7,12,15H,1-3,8-11H2. The van der Waals surface area contributed by atoms with Crippen LogP contribution >= 0.6 is 0 Å². The zero-order valence-electron chi connectivity index (χ0n) is 10.7. The molecule has 96 valence electrons. The van der Waals surface area contributed by atoms with Crippen LogP contribution in [0.1, 0.15) is 29.6 Å². The Balaban J connectivity index is 1.75. The maximum Gasteiger partial charge on any atom is 0.150 e. The molecular formula is C15H20N2O. The van der Waals surface area contributed by atoms with E-state index in [-0.39, 0.29) is 0 Å². The molecule has 1 aromatic rings. The zero-order chi connectivity index (χ0) is 12.4. The molecule has 0 N–H and O–H groups in total. The summed E-state index contributed by atoms with van der Waals surface area (Å²) >= 11 is 0. The summed E-state index contributed by atoms with van der Waals surface area (Å²) in [4.78, 5) is 15.8. The van der Waals surface area contributed by atoms with Gasteiger partial charge in [0, 0.05) is 36.9 Å². The van der Waals surface area contributed by atoms with Crippen LogP contribution in [0.15, 0.2) is 24.3 Å². The van der Waals surface area contributed by atoms with Crippen molar-refractivity contribution in [2.75, 3.05) is 31.1 Å². The van der Waals surface area contributed by atoms with Gasteiger partial charge in [-0.1, -0.05) is 0 Å². The average molecular weight is 244 g/mol. The van der Waals surface area contributed by atoms with Gasteiger partial charge in [0.25, 0.3) is 0 Å². The van der Waals surface area contributed by atoms with Gasteiger partial charge in [0.2, 0.25) is 0 Å². The lowest BCUT2D eigenvalue weighted by Gasteiger charge is -2.27. The Morgan fingerprint density at radius 3 is 2.61 bits per heavy atom. The van der Waals surface area contributed by atoms with Crippen LogP contribution in [-0.2, 0) is 0 Å². The summed E-state index contributed by atoms with van der Waals surface area (Å²) in [6.45, 7) is 4.80. The summed E-state index contributed by atoms with van der Waals surface area (Å²) in [5, 5.41) is 0. The van der Waals surface area contributed by atoms with Crippen molar-refractivity contribution in [3.63, 3.8) is 0 Å². The molecule has 1 atom stereocenters. The first-order chi connectivity index (χ1) is 8.86. The molecule has 18 heavy (non-hydrogen) atoms. The minimum Gasteiger partial charge on any atom is -0.370 e. The van der Waals surface area contributed by atoms with Crippen molar-refractivity contribution < 1.29 is 4.79 Å². The normalized spacial score (nSPS) is 24.7. The lowest BCUT2D eigenvalue weighted by atomic mass is 10.1. The lowest BCUT2D eigenvalue weighted by molar-refractivity contribution is 0.112. The van der Waals surface area contributed by atoms with Crippen LogP contribution in [0.25, 0.3) is 0 Å². The Bertz CT molecular complexity index is 415. The molecule has 2 aliphatic heterocycles. The predicted octanol–water partition coefficient (Wildman–Crippen LogP) is 2.17. The van der Waals surface area contributed by atoms with Crippen molar-refractivity contribution in [2.45, 2.75) is 25.3 Å². The van der Waals surface area contributed by atoms with Crippen molar-refractivity contribution >= 4 is 12.0 Å². The van der Waals surface area contributed by atoms with Gasteiger partial charge in [-0.3, -0.25) is 9.69 Å². The van der Waals surface area contributed by atoms with E-state index in [9.17, 15) is 4.79 Å². The second kappa shape index (κ2) is 5.11. The highest BCUT2D eigenvalue weighted by Crippen LogP contribution is 2.25. The minimum absolute atomic E-state index is 0.734. The maximum atomic E-state index is 10.7. The van der Waals surface area contributed by atoms with E-state index in [1.807, 2.05) is 12.1 Å². The van der Waals surface area contributed by atoms with Crippen LogP contribution in [0.3, 0.4) is 0 Å². The number of fused-ring (bicyclic) bond motifs is 1. The Morgan fingerprint density at radius 2 is 1.83 bits per heavy atom. The third-order valence-electron chi connectivity index (χ3n) is 4.20. The van der Waals surface area contributed by atoms with Crippen molar-refractivity contribution in [3.05, 3.63) is 29.8 Å². The highest BCUT2D eigenvalue weighted by atomic mass is 16.1. The lowest BCUT2D eigenvalue weighted by Crippen LogP contribution is -2.36. The summed E-state index contributed by atoms with van der Waals surface area (Å²) in [7, 11) is 0. The fraction of sp³-hybridized carbons (Fsp3) is 0.533. The van der Waals surface area contributed by atoms with Crippen molar-refractivity contribution in [2.24, 2.45) is 0 Å². The largest absolute Gasteiger partial charge is 0.370 e. The van der Waals surface area contributed by atoms with E-state index in [2.05, 4.69) is 21.9 Å². The minimum atomic E-state index is 0.734. The third kappa shape index (κ3) is 2.27. The van der Waals surface area contributed by atoms with Crippen molar-refractivity contribution in [1.29, 1.82) is 0 Å². The van der Waals surface area contributed by atoms with Crippen LogP contribution in [0.4, 0.5) is 5.69 Å². The number of nitrogens with zero attached hydrogens (tertiary/aromatic N) is 2. The Kier molecular flexibility index (Phi) is 3.33. The highest BCUT2D eigenvalue weighted by molar-refractivity contribution is 5.75. The van der Waals surface area contributed by atoms with Crippen LogP contribution in [-0.4, -0.2) is 43.4 Å². The first-order valence-corrected chi connectivity index (χ1v) is 6.91. The van der Waals surface area contributed by atoms with E-state index < -0.39 is 0 Å². The Labute approximate surface area is 108 Å². The molecule has 2 aliphatic rings. The number of hydrogen-bond acceptors (Lipinski definition) is 3. The SMILES string of the molecule is O=Cc1ccc(N2CCCN3CCCC3C2)cc1. The number of benzene rings is 1. The van der Waals surface area contributed by atoms with Crippen LogP contribution in [0, 0.1) is 0 Å². The van der Waals surface area contributed by atoms with Gasteiger partial charge in [-0.15, -0.1) is 0 Å². The summed E-state index contributed by atoms with van der Waals surface area (Å²) in [6.07, 6.45) is 4.84. The number of hydrogen-bond donors (Lipinski definition) is 0. The molecule has 0 aromatic heterocycles. The molecule has 0 aliphatic carbocycles. The first-order valence-electron chi connectivity index (χ1n) is 6.91. The molecule has 1 unspecified atom stereocenters. The number of aldehydes is 1. The number of carbonyl (C=O) groups excluding carboxylic acids is 1. The third-order valence-corrected chi connectivity index (χ3v) is 4.20. The van der Waals surface area contributed by atoms with Crippen LogP contribution in [0.5, 0.6) is 0 Å². The van der Waals surface area contributed by atoms with E-state index >= 15 is 0 Å². The number of rotatable bonds is 2. The van der Waals surface area contributed by atoms with Crippen LogP contribution in [0.2, 0.25) is 0 Å². The predicted molar refractivity (Wildman–Crippen MR) is 73.3 cm³/mol. The molecule has 2 fully saturated rings. The highest BCUT2D eigenvalue weighted by Gasteiger charge is 2.28. The molecule has 0 spiro atoms. The van der Waals surface area contributed by atoms with Gasteiger partial charge in [-0.25, -0.2) is 0 Å². The average Bonchev–Trinajstić information content (AvgIpc) is 2.76. The van der Waals surface area contributed by atoms with E-state index in [1.54, 1.807) is 0 Å². The fourth-order valence-corrected chi connectivity index (χ4v) is 3.20. The van der Waals surface area contributed by atoms with Crippen molar-refractivity contribution in [1.82, 2.24) is 4.90 Å². The number of anilines is 1. The van der Waals surface area contributed by atoms with Crippen LogP contribution < -0.4 is 4.90 Å². The smallest absolute Gasteiger partial charge is 0.150 e. The summed E-state index contributed by atoms with van der Waals surface area (Å²) in [6, 6.07) is 8.72. The molecule has 3 heteroatoms. The molecule has 2 heterocycles. The van der Waals surface area contributed by atoms with E-state index in [0.717, 1.165) is 31.0 Å². The van der Waals surface area contributed by atoms with E-state index in [1.165, 1.54) is 38.0 Å².